The monoisotopic (exact) mass is 495 g/mol. The Morgan fingerprint density at radius 1 is 1.09 bits per heavy atom. The molecular formula is C27H34ClN5O2. The summed E-state index contributed by atoms with van der Waals surface area (Å²) in [7, 11) is 0. The van der Waals surface area contributed by atoms with Gasteiger partial charge in [-0.1, -0.05) is 23.7 Å². The van der Waals surface area contributed by atoms with Gasteiger partial charge in [-0.15, -0.1) is 0 Å². The first-order valence-electron chi connectivity index (χ1n) is 12.7. The molecule has 2 aliphatic heterocycles. The summed E-state index contributed by atoms with van der Waals surface area (Å²) in [6.07, 6.45) is 8.92. The summed E-state index contributed by atoms with van der Waals surface area (Å²) in [5, 5.41) is 3.48. The largest absolute Gasteiger partial charge is 0.370 e. The van der Waals surface area contributed by atoms with Crippen molar-refractivity contribution in [2.24, 2.45) is 0 Å². The predicted molar refractivity (Wildman–Crippen MR) is 141 cm³/mol. The lowest BCUT2D eigenvalue weighted by Crippen LogP contribution is -2.43. The number of nitrogens with one attached hydrogen (secondary N) is 1. The minimum absolute atomic E-state index is 0.0000531. The van der Waals surface area contributed by atoms with E-state index in [0.29, 0.717) is 22.3 Å². The van der Waals surface area contributed by atoms with E-state index >= 15 is 0 Å². The van der Waals surface area contributed by atoms with Gasteiger partial charge in [0.1, 0.15) is 12.1 Å². The molecule has 0 atom stereocenters. The highest BCUT2D eigenvalue weighted by molar-refractivity contribution is 6.30. The van der Waals surface area contributed by atoms with Gasteiger partial charge in [-0.3, -0.25) is 14.2 Å². The molecule has 8 heteroatoms. The third-order valence-electron chi connectivity index (χ3n) is 7.21. The third-order valence-corrected chi connectivity index (χ3v) is 7.44. The number of hydrogen-bond donors (Lipinski definition) is 1. The molecule has 0 unspecified atom stereocenters. The fourth-order valence-corrected chi connectivity index (χ4v) is 5.70. The zero-order chi connectivity index (χ0) is 24.5. The van der Waals surface area contributed by atoms with E-state index in [0.717, 1.165) is 37.2 Å². The molecule has 0 radical (unpaired) electrons. The van der Waals surface area contributed by atoms with E-state index < -0.39 is 0 Å². The van der Waals surface area contributed by atoms with Gasteiger partial charge in [-0.05, 0) is 70.8 Å². The first-order chi connectivity index (χ1) is 16.9. The van der Waals surface area contributed by atoms with Crippen LogP contribution in [0, 0.1) is 0 Å². The van der Waals surface area contributed by atoms with Crippen molar-refractivity contribution in [2.75, 3.05) is 31.1 Å². The summed E-state index contributed by atoms with van der Waals surface area (Å²) < 4.78 is 3.46. The van der Waals surface area contributed by atoms with Gasteiger partial charge in [0.15, 0.2) is 0 Å². The van der Waals surface area contributed by atoms with Crippen LogP contribution < -0.4 is 15.8 Å². The summed E-state index contributed by atoms with van der Waals surface area (Å²) in [5.74, 6) is -0.189. The van der Waals surface area contributed by atoms with Gasteiger partial charge in [-0.2, -0.15) is 0 Å². The highest BCUT2D eigenvalue weighted by Gasteiger charge is 2.27. The topological polar surface area (TPSA) is 62.0 Å². The van der Waals surface area contributed by atoms with Crippen molar-refractivity contribution < 1.29 is 4.79 Å². The summed E-state index contributed by atoms with van der Waals surface area (Å²) in [4.78, 5) is 31.3. The molecule has 3 aromatic rings. The Morgan fingerprint density at radius 2 is 1.83 bits per heavy atom. The lowest BCUT2D eigenvalue weighted by molar-refractivity contribution is -0.122. The molecule has 2 fully saturated rings. The van der Waals surface area contributed by atoms with Crippen LogP contribution in [-0.2, 0) is 11.3 Å². The normalized spacial score (nSPS) is 17.5. The molecule has 2 aromatic heterocycles. The predicted octanol–water partition coefficient (Wildman–Crippen LogP) is 4.01. The van der Waals surface area contributed by atoms with E-state index in [1.807, 2.05) is 54.9 Å². The summed E-state index contributed by atoms with van der Waals surface area (Å²) in [6.45, 7) is 8.22. The molecule has 4 heterocycles. The fourth-order valence-electron chi connectivity index (χ4n) is 5.51. The van der Waals surface area contributed by atoms with Crippen molar-refractivity contribution in [2.45, 2.75) is 58.2 Å². The molecule has 1 N–H and O–H groups in total. The van der Waals surface area contributed by atoms with Gasteiger partial charge >= 0.3 is 0 Å². The Kier molecular flexibility index (Phi) is 6.89. The fraction of sp³-hybridized carbons (Fsp3) is 0.481. The Balaban J connectivity index is 1.48. The Morgan fingerprint density at radius 3 is 2.51 bits per heavy atom. The molecule has 186 valence electrons. The van der Waals surface area contributed by atoms with Crippen molar-refractivity contribution in [3.05, 3.63) is 58.1 Å². The smallest absolute Gasteiger partial charge is 0.275 e. The highest BCUT2D eigenvalue weighted by Crippen LogP contribution is 2.28. The number of anilines is 1. The second-order valence-electron chi connectivity index (χ2n) is 10.1. The van der Waals surface area contributed by atoms with E-state index in [4.69, 9.17) is 11.6 Å². The van der Waals surface area contributed by atoms with Crippen LogP contribution in [0.5, 0.6) is 0 Å². The summed E-state index contributed by atoms with van der Waals surface area (Å²) in [6, 6.07) is 10.0. The lowest BCUT2D eigenvalue weighted by Gasteiger charge is -2.37. The minimum atomic E-state index is -0.189. The number of fused-ring (bicyclic) bond motifs is 1. The lowest BCUT2D eigenvalue weighted by atomic mass is 10.0. The molecule has 2 aliphatic rings. The molecule has 5 rings (SSSR count). The van der Waals surface area contributed by atoms with Crippen LogP contribution >= 0.6 is 11.6 Å². The summed E-state index contributed by atoms with van der Waals surface area (Å²) >= 11 is 6.26. The number of piperidine rings is 1. The number of likely N-dealkylation sites (tertiary alicyclic amines) is 1. The van der Waals surface area contributed by atoms with Gasteiger partial charge in [0, 0.05) is 48.2 Å². The van der Waals surface area contributed by atoms with Crippen LogP contribution in [0.15, 0.2) is 47.5 Å². The Hall–Kier alpha value is -2.77. The zero-order valence-electron chi connectivity index (χ0n) is 20.5. The SMILES string of the molecule is CC(C)NC(=O)Cn1c(-c2cccc(Cl)c2)cn2cc(N3CCC(N4CCCC4)CC3)cc2c1=O. The number of rotatable bonds is 6. The number of aromatic nitrogens is 2. The average molecular weight is 496 g/mol. The number of halogens is 1. The van der Waals surface area contributed by atoms with Gasteiger partial charge in [0.25, 0.3) is 5.56 Å². The van der Waals surface area contributed by atoms with Crippen LogP contribution in [0.2, 0.25) is 5.02 Å². The molecule has 7 nitrogen and oxygen atoms in total. The average Bonchev–Trinajstić information content (AvgIpc) is 3.51. The van der Waals surface area contributed by atoms with Crippen LogP contribution in [-0.4, -0.2) is 58.0 Å². The van der Waals surface area contributed by atoms with Gasteiger partial charge < -0.3 is 19.5 Å². The molecule has 1 amide bonds. The highest BCUT2D eigenvalue weighted by atomic mass is 35.5. The zero-order valence-corrected chi connectivity index (χ0v) is 21.3. The minimum Gasteiger partial charge on any atom is -0.370 e. The number of hydrogen-bond acceptors (Lipinski definition) is 4. The Labute approximate surface area is 211 Å². The third kappa shape index (κ3) is 5.11. The van der Waals surface area contributed by atoms with E-state index in [-0.39, 0.29) is 24.1 Å². The Bertz CT molecular complexity index is 1270. The number of benzene rings is 1. The molecule has 0 saturated carbocycles. The van der Waals surface area contributed by atoms with Gasteiger partial charge in [0.05, 0.1) is 11.4 Å². The maximum Gasteiger partial charge on any atom is 0.275 e. The maximum absolute atomic E-state index is 13.7. The van der Waals surface area contributed by atoms with Crippen molar-refractivity contribution >= 4 is 28.7 Å². The second-order valence-corrected chi connectivity index (χ2v) is 10.5. The van der Waals surface area contributed by atoms with E-state index in [9.17, 15) is 9.59 Å². The van der Waals surface area contributed by atoms with Crippen LogP contribution in [0.4, 0.5) is 5.69 Å². The van der Waals surface area contributed by atoms with Gasteiger partial charge in [0.2, 0.25) is 5.91 Å². The number of carbonyl (C=O) groups is 1. The van der Waals surface area contributed by atoms with E-state index in [1.54, 1.807) is 10.6 Å². The van der Waals surface area contributed by atoms with Crippen LogP contribution in [0.25, 0.3) is 16.8 Å². The number of carbonyl (C=O) groups excluding carboxylic acids is 1. The number of amides is 1. The second kappa shape index (κ2) is 10.1. The van der Waals surface area contributed by atoms with E-state index in [2.05, 4.69) is 15.1 Å². The van der Waals surface area contributed by atoms with Gasteiger partial charge in [-0.25, -0.2) is 0 Å². The molecule has 0 aliphatic carbocycles. The maximum atomic E-state index is 13.7. The standard InChI is InChI=1S/C27H34ClN5O2/c1-19(2)29-26(34)18-33-25(20-6-5-7-21(28)14-20)17-32-16-23(15-24(32)27(33)35)31-12-8-22(9-13-31)30-10-3-4-11-30/h5-7,14-17,19,22H,3-4,8-13,18H2,1-2H3,(H,29,34). The molecule has 0 bridgehead atoms. The molecular weight excluding hydrogens is 462 g/mol. The molecule has 2 saturated heterocycles. The van der Waals surface area contributed by atoms with Crippen LogP contribution in [0.1, 0.15) is 39.5 Å². The number of nitrogens with zero attached hydrogens (tertiary/aromatic N) is 4. The van der Waals surface area contributed by atoms with Crippen molar-refractivity contribution in [3.63, 3.8) is 0 Å². The molecule has 0 spiro atoms. The molecule has 1 aromatic carbocycles. The summed E-state index contributed by atoms with van der Waals surface area (Å²) in [5.41, 5.74) is 2.92. The quantitative estimate of drug-likeness (QED) is 0.561. The van der Waals surface area contributed by atoms with E-state index in [1.165, 1.54) is 25.9 Å². The van der Waals surface area contributed by atoms with Crippen molar-refractivity contribution in [3.8, 4) is 11.3 Å². The van der Waals surface area contributed by atoms with Crippen molar-refractivity contribution in [1.29, 1.82) is 0 Å². The van der Waals surface area contributed by atoms with Crippen molar-refractivity contribution in [1.82, 2.24) is 19.2 Å². The molecule has 35 heavy (non-hydrogen) atoms. The first-order valence-corrected chi connectivity index (χ1v) is 13.1. The van der Waals surface area contributed by atoms with Crippen LogP contribution in [0.3, 0.4) is 0 Å². The first kappa shape index (κ1) is 23.9.